The molecule has 1 fully saturated rings. The van der Waals surface area contributed by atoms with Crippen LogP contribution in [0.2, 0.25) is 0 Å². The predicted molar refractivity (Wildman–Crippen MR) is 97.8 cm³/mol. The van der Waals surface area contributed by atoms with Crippen LogP contribution in [0.5, 0.6) is 0 Å². The molecule has 3 aromatic rings. The van der Waals surface area contributed by atoms with Crippen molar-refractivity contribution in [2.75, 3.05) is 31.1 Å². The van der Waals surface area contributed by atoms with E-state index in [0.29, 0.717) is 24.4 Å². The molecule has 0 bridgehead atoms. The molecule has 0 unspecified atom stereocenters. The minimum absolute atomic E-state index is 0.0674. The highest BCUT2D eigenvalue weighted by Crippen LogP contribution is 2.19. The average molecular weight is 401 g/mol. The Morgan fingerprint density at radius 1 is 1.16 bits per heavy atom. The fourth-order valence-corrected chi connectivity index (χ4v) is 3.48. The predicted octanol–water partition coefficient (Wildman–Crippen LogP) is 2.16. The molecule has 0 aliphatic carbocycles. The first-order valence-corrected chi connectivity index (χ1v) is 8.88. The smallest absolute Gasteiger partial charge is 0.254 e. The molecule has 25 heavy (non-hydrogen) atoms. The largest absolute Gasteiger partial charge is 0.353 e. The van der Waals surface area contributed by atoms with E-state index in [-0.39, 0.29) is 5.91 Å². The molecule has 0 N–H and O–H groups in total. The van der Waals surface area contributed by atoms with Crippen LogP contribution < -0.4 is 4.90 Å². The van der Waals surface area contributed by atoms with E-state index in [1.54, 1.807) is 4.52 Å². The van der Waals surface area contributed by atoms with E-state index in [1.165, 1.54) is 6.33 Å². The molecule has 7 nitrogen and oxygen atoms in total. The number of aryl methyl sites for hydroxylation is 1. The molecule has 0 atom stereocenters. The number of fused-ring (bicyclic) bond motifs is 1. The third-order valence-electron chi connectivity index (χ3n) is 4.32. The summed E-state index contributed by atoms with van der Waals surface area (Å²) in [7, 11) is 0. The van der Waals surface area contributed by atoms with Gasteiger partial charge in [0.25, 0.3) is 11.7 Å². The number of rotatable bonds is 2. The number of carbonyl (C=O) groups is 1. The van der Waals surface area contributed by atoms with Crippen molar-refractivity contribution in [3.8, 4) is 0 Å². The van der Waals surface area contributed by atoms with E-state index >= 15 is 0 Å². The molecule has 128 valence electrons. The number of halogens is 1. The SMILES string of the molecule is Cc1cc(N2CCN(C(=O)c3cccc(Br)c3)CC2)n2ncnc2n1. The first kappa shape index (κ1) is 16.0. The van der Waals surface area contributed by atoms with Crippen LogP contribution in [0.4, 0.5) is 5.82 Å². The second-order valence-corrected chi connectivity index (χ2v) is 6.93. The lowest BCUT2D eigenvalue weighted by Crippen LogP contribution is -2.49. The molecule has 0 radical (unpaired) electrons. The second kappa shape index (κ2) is 6.44. The highest BCUT2D eigenvalue weighted by molar-refractivity contribution is 9.10. The highest BCUT2D eigenvalue weighted by Gasteiger charge is 2.24. The first-order chi connectivity index (χ1) is 12.1. The van der Waals surface area contributed by atoms with Crippen molar-refractivity contribution in [1.29, 1.82) is 0 Å². The van der Waals surface area contributed by atoms with Gasteiger partial charge in [0.2, 0.25) is 0 Å². The molecule has 4 rings (SSSR count). The molecule has 1 aromatic carbocycles. The molecule has 2 aromatic heterocycles. The molecule has 0 spiro atoms. The zero-order valence-corrected chi connectivity index (χ0v) is 15.3. The summed E-state index contributed by atoms with van der Waals surface area (Å²) < 4.78 is 2.66. The summed E-state index contributed by atoms with van der Waals surface area (Å²) in [4.78, 5) is 25.3. The van der Waals surface area contributed by atoms with Gasteiger partial charge >= 0.3 is 0 Å². The third kappa shape index (κ3) is 3.09. The maximum atomic E-state index is 12.7. The summed E-state index contributed by atoms with van der Waals surface area (Å²) in [6.45, 7) is 4.79. The van der Waals surface area contributed by atoms with Gasteiger partial charge in [0.1, 0.15) is 12.1 Å². The van der Waals surface area contributed by atoms with Crippen LogP contribution >= 0.6 is 15.9 Å². The van der Waals surface area contributed by atoms with Gasteiger partial charge in [-0.3, -0.25) is 4.79 Å². The standard InChI is InChI=1S/C17H17BrN6O/c1-12-9-15(24-17(21-12)19-11-20-24)22-5-7-23(8-6-22)16(25)13-3-2-4-14(18)10-13/h2-4,9-11H,5-8H2,1H3. The van der Waals surface area contributed by atoms with Crippen LogP contribution in [0.25, 0.3) is 5.78 Å². The summed E-state index contributed by atoms with van der Waals surface area (Å²) >= 11 is 3.42. The monoisotopic (exact) mass is 400 g/mol. The van der Waals surface area contributed by atoms with Crippen LogP contribution in [0, 0.1) is 6.92 Å². The Kier molecular flexibility index (Phi) is 4.12. The normalized spacial score (nSPS) is 15.0. The number of anilines is 1. The number of amides is 1. The first-order valence-electron chi connectivity index (χ1n) is 8.09. The Morgan fingerprint density at radius 2 is 1.96 bits per heavy atom. The number of hydrogen-bond donors (Lipinski definition) is 0. The number of carbonyl (C=O) groups excluding carboxylic acids is 1. The quantitative estimate of drug-likeness (QED) is 0.659. The summed E-state index contributed by atoms with van der Waals surface area (Å²) in [6.07, 6.45) is 1.51. The van der Waals surface area contributed by atoms with Gasteiger partial charge in [-0.05, 0) is 25.1 Å². The van der Waals surface area contributed by atoms with Crippen molar-refractivity contribution >= 4 is 33.4 Å². The molecule has 0 saturated carbocycles. The molecular formula is C17H17BrN6O. The van der Waals surface area contributed by atoms with Crippen LogP contribution in [-0.4, -0.2) is 56.6 Å². The minimum Gasteiger partial charge on any atom is -0.353 e. The minimum atomic E-state index is 0.0674. The van der Waals surface area contributed by atoms with Crippen LogP contribution in [-0.2, 0) is 0 Å². The van der Waals surface area contributed by atoms with Crippen molar-refractivity contribution in [1.82, 2.24) is 24.5 Å². The lowest BCUT2D eigenvalue weighted by molar-refractivity contribution is 0.0746. The van der Waals surface area contributed by atoms with Crippen molar-refractivity contribution in [2.24, 2.45) is 0 Å². The third-order valence-corrected chi connectivity index (χ3v) is 4.82. The van der Waals surface area contributed by atoms with Crippen LogP contribution in [0.1, 0.15) is 16.1 Å². The molecule has 1 aliphatic heterocycles. The summed E-state index contributed by atoms with van der Waals surface area (Å²) in [5.74, 6) is 1.63. The Bertz CT molecular complexity index is 932. The number of nitrogens with zero attached hydrogens (tertiary/aromatic N) is 6. The highest BCUT2D eigenvalue weighted by atomic mass is 79.9. The van der Waals surface area contributed by atoms with Gasteiger partial charge in [0.15, 0.2) is 0 Å². The molecule has 3 heterocycles. The van der Waals surface area contributed by atoms with Gasteiger partial charge in [-0.15, -0.1) is 0 Å². The molecule has 8 heteroatoms. The molecular weight excluding hydrogens is 384 g/mol. The van der Waals surface area contributed by atoms with E-state index < -0.39 is 0 Å². The van der Waals surface area contributed by atoms with Gasteiger partial charge < -0.3 is 9.80 Å². The number of piperazine rings is 1. The lowest BCUT2D eigenvalue weighted by Gasteiger charge is -2.36. The van der Waals surface area contributed by atoms with Gasteiger partial charge in [0, 0.05) is 48.0 Å². The number of hydrogen-bond acceptors (Lipinski definition) is 5. The van der Waals surface area contributed by atoms with Crippen molar-refractivity contribution in [2.45, 2.75) is 6.92 Å². The summed E-state index contributed by atoms with van der Waals surface area (Å²) in [5.41, 5.74) is 1.62. The molecule has 1 aliphatic rings. The maximum absolute atomic E-state index is 12.7. The summed E-state index contributed by atoms with van der Waals surface area (Å²) in [6, 6.07) is 9.52. The Hall–Kier alpha value is -2.48. The van der Waals surface area contributed by atoms with Crippen LogP contribution in [0.15, 0.2) is 41.1 Å². The van der Waals surface area contributed by atoms with Crippen LogP contribution in [0.3, 0.4) is 0 Å². The molecule has 1 saturated heterocycles. The Morgan fingerprint density at radius 3 is 2.72 bits per heavy atom. The van der Waals surface area contributed by atoms with E-state index in [1.807, 2.05) is 42.2 Å². The van der Waals surface area contributed by atoms with E-state index in [2.05, 4.69) is 35.9 Å². The van der Waals surface area contributed by atoms with Crippen molar-refractivity contribution in [3.63, 3.8) is 0 Å². The number of benzene rings is 1. The topological polar surface area (TPSA) is 66.6 Å². The second-order valence-electron chi connectivity index (χ2n) is 6.02. The van der Waals surface area contributed by atoms with Crippen molar-refractivity contribution in [3.05, 3.63) is 52.4 Å². The Labute approximate surface area is 153 Å². The van der Waals surface area contributed by atoms with Gasteiger partial charge in [-0.1, -0.05) is 22.0 Å². The van der Waals surface area contributed by atoms with E-state index in [0.717, 1.165) is 29.1 Å². The molecule has 1 amide bonds. The maximum Gasteiger partial charge on any atom is 0.254 e. The van der Waals surface area contributed by atoms with E-state index in [4.69, 9.17) is 0 Å². The Balaban J connectivity index is 1.51. The van der Waals surface area contributed by atoms with Gasteiger partial charge in [-0.2, -0.15) is 14.6 Å². The van der Waals surface area contributed by atoms with Crippen molar-refractivity contribution < 1.29 is 4.79 Å². The zero-order valence-electron chi connectivity index (χ0n) is 13.8. The fraction of sp³-hybridized carbons (Fsp3) is 0.294. The lowest BCUT2D eigenvalue weighted by atomic mass is 10.2. The zero-order chi connectivity index (χ0) is 17.4. The van der Waals surface area contributed by atoms with Gasteiger partial charge in [-0.25, -0.2) is 4.98 Å². The summed E-state index contributed by atoms with van der Waals surface area (Å²) in [5, 5.41) is 4.26. The fourth-order valence-electron chi connectivity index (χ4n) is 3.08. The van der Waals surface area contributed by atoms with E-state index in [9.17, 15) is 4.79 Å². The number of aromatic nitrogens is 4. The average Bonchev–Trinajstić information content (AvgIpc) is 3.09. The van der Waals surface area contributed by atoms with Gasteiger partial charge in [0.05, 0.1) is 0 Å².